The molecular weight excluding hydrogens is 612 g/mol. The van der Waals surface area contributed by atoms with Crippen LogP contribution in [0.5, 0.6) is 0 Å². The summed E-state index contributed by atoms with van der Waals surface area (Å²) >= 11 is 18.5. The Hall–Kier alpha value is -2.85. The minimum Gasteiger partial charge on any atom is -0.352 e. The van der Waals surface area contributed by atoms with E-state index in [2.05, 4.69) is 5.32 Å². The fourth-order valence-corrected chi connectivity index (χ4v) is 6.15. The predicted molar refractivity (Wildman–Crippen MR) is 161 cm³/mol. The Morgan fingerprint density at radius 2 is 1.61 bits per heavy atom. The number of amides is 2. The zero-order valence-corrected chi connectivity index (χ0v) is 25.9. The van der Waals surface area contributed by atoms with Gasteiger partial charge in [0.1, 0.15) is 18.4 Å². The molecule has 0 saturated carbocycles. The highest BCUT2D eigenvalue weighted by molar-refractivity contribution is 7.92. The number of hydrogen-bond donors (Lipinski definition) is 1. The zero-order chi connectivity index (χ0) is 30.3. The molecule has 0 aliphatic heterocycles. The number of hydrogen-bond acceptors (Lipinski definition) is 4. The number of carbonyl (C=O) groups is 2. The second-order valence-corrected chi connectivity index (χ2v) is 12.5. The zero-order valence-electron chi connectivity index (χ0n) is 22.8. The molecule has 2 atom stereocenters. The van der Waals surface area contributed by atoms with Gasteiger partial charge in [0, 0.05) is 22.6 Å². The first-order valence-electron chi connectivity index (χ1n) is 13.0. The van der Waals surface area contributed by atoms with Crippen molar-refractivity contribution in [2.24, 2.45) is 0 Å². The predicted octanol–water partition coefficient (Wildman–Crippen LogP) is 6.70. The van der Waals surface area contributed by atoms with Crippen LogP contribution in [0.15, 0.2) is 71.6 Å². The Labute approximate surface area is 255 Å². The third-order valence-electron chi connectivity index (χ3n) is 6.54. The third kappa shape index (κ3) is 8.13. The Bertz CT molecular complexity index is 1490. The number of halogens is 4. The number of rotatable bonds is 12. The largest absolute Gasteiger partial charge is 0.352 e. The van der Waals surface area contributed by atoms with Crippen LogP contribution in [0, 0.1) is 5.82 Å². The fraction of sp³-hybridized carbons (Fsp3) is 0.310. The van der Waals surface area contributed by atoms with Gasteiger partial charge in [-0.2, -0.15) is 0 Å². The van der Waals surface area contributed by atoms with Crippen molar-refractivity contribution < 1.29 is 22.4 Å². The summed E-state index contributed by atoms with van der Waals surface area (Å²) in [4.78, 5) is 28.6. The molecule has 0 heterocycles. The fourth-order valence-electron chi connectivity index (χ4n) is 4.08. The smallest absolute Gasteiger partial charge is 0.264 e. The molecule has 41 heavy (non-hydrogen) atoms. The number of anilines is 1. The van der Waals surface area contributed by atoms with Crippen LogP contribution in [-0.4, -0.2) is 43.8 Å². The van der Waals surface area contributed by atoms with Gasteiger partial charge in [-0.1, -0.05) is 72.9 Å². The molecule has 0 aromatic heterocycles. The molecule has 1 N–H and O–H groups in total. The summed E-state index contributed by atoms with van der Waals surface area (Å²) in [6.45, 7) is 4.73. The van der Waals surface area contributed by atoms with E-state index >= 15 is 0 Å². The molecule has 0 radical (unpaired) electrons. The average molecular weight is 643 g/mol. The molecule has 3 aromatic carbocycles. The van der Waals surface area contributed by atoms with Crippen molar-refractivity contribution in [3.8, 4) is 0 Å². The molecule has 2 amide bonds. The highest BCUT2D eigenvalue weighted by atomic mass is 35.5. The Morgan fingerprint density at radius 1 is 0.927 bits per heavy atom. The molecule has 3 aromatic rings. The highest BCUT2D eigenvalue weighted by Crippen LogP contribution is 2.29. The quantitative estimate of drug-likeness (QED) is 0.238. The van der Waals surface area contributed by atoms with E-state index in [1.54, 1.807) is 37.3 Å². The van der Waals surface area contributed by atoms with Crippen LogP contribution in [0.2, 0.25) is 15.1 Å². The molecule has 3 rings (SSSR count). The van der Waals surface area contributed by atoms with Gasteiger partial charge in [0.2, 0.25) is 11.8 Å². The molecule has 220 valence electrons. The van der Waals surface area contributed by atoms with Gasteiger partial charge in [-0.05, 0) is 67.8 Å². The second kappa shape index (κ2) is 14.4. The molecule has 12 heteroatoms. The summed E-state index contributed by atoms with van der Waals surface area (Å²) in [6, 6.07) is 14.6. The van der Waals surface area contributed by atoms with Crippen molar-refractivity contribution in [1.29, 1.82) is 0 Å². The minimum atomic E-state index is -4.31. The molecule has 0 fully saturated rings. The van der Waals surface area contributed by atoms with Gasteiger partial charge in [0.25, 0.3) is 10.0 Å². The lowest BCUT2D eigenvalue weighted by Gasteiger charge is -2.34. The van der Waals surface area contributed by atoms with Gasteiger partial charge in [-0.3, -0.25) is 13.9 Å². The second-order valence-electron chi connectivity index (χ2n) is 9.42. The molecule has 0 unspecified atom stereocenters. The standard InChI is InChI=1S/C29H31Cl3FN3O4S/c1-4-19(3)34-29(38)27(5-2)35(17-20-11-12-21(30)15-24(20)31)28(37)18-36(22-13-14-26(33)25(32)16-22)41(39,40)23-9-7-6-8-10-23/h6-16,19,27H,4-5,17-18H2,1-3H3,(H,34,38)/t19-,27-/m1/s1. The monoisotopic (exact) mass is 641 g/mol. The van der Waals surface area contributed by atoms with Crippen LogP contribution in [0.1, 0.15) is 39.2 Å². The third-order valence-corrected chi connectivity index (χ3v) is 9.21. The normalized spacial score (nSPS) is 12.9. The van der Waals surface area contributed by atoms with Gasteiger partial charge in [0.05, 0.1) is 15.6 Å². The molecule has 0 aliphatic carbocycles. The molecule has 0 saturated heterocycles. The van der Waals surface area contributed by atoms with Gasteiger partial charge >= 0.3 is 0 Å². The first kappa shape index (κ1) is 32.7. The summed E-state index contributed by atoms with van der Waals surface area (Å²) in [5.74, 6) is -1.81. The van der Waals surface area contributed by atoms with E-state index in [9.17, 15) is 22.4 Å². The van der Waals surface area contributed by atoms with Crippen molar-refractivity contribution in [3.05, 3.63) is 93.2 Å². The molecule has 0 aliphatic rings. The number of sulfonamides is 1. The Balaban J connectivity index is 2.10. The molecule has 0 spiro atoms. The van der Waals surface area contributed by atoms with Crippen molar-refractivity contribution >= 4 is 62.3 Å². The lowest BCUT2D eigenvalue weighted by atomic mass is 10.1. The van der Waals surface area contributed by atoms with E-state index in [-0.39, 0.29) is 45.5 Å². The Morgan fingerprint density at radius 3 is 2.20 bits per heavy atom. The summed E-state index contributed by atoms with van der Waals surface area (Å²) in [6.07, 6.45) is 0.917. The van der Waals surface area contributed by atoms with E-state index in [0.717, 1.165) is 16.4 Å². The number of carbonyl (C=O) groups excluding carboxylic acids is 2. The van der Waals surface area contributed by atoms with Gasteiger partial charge in [-0.25, -0.2) is 12.8 Å². The van der Waals surface area contributed by atoms with Crippen LogP contribution in [0.3, 0.4) is 0 Å². The first-order valence-corrected chi connectivity index (χ1v) is 15.5. The summed E-state index contributed by atoms with van der Waals surface area (Å²) in [5, 5.41) is 3.27. The van der Waals surface area contributed by atoms with E-state index in [0.29, 0.717) is 17.0 Å². The topological polar surface area (TPSA) is 86.8 Å². The van der Waals surface area contributed by atoms with Crippen molar-refractivity contribution in [2.75, 3.05) is 10.8 Å². The van der Waals surface area contributed by atoms with Crippen LogP contribution in [-0.2, 0) is 26.2 Å². The van der Waals surface area contributed by atoms with Gasteiger partial charge < -0.3 is 10.2 Å². The maximum atomic E-state index is 14.1. The highest BCUT2D eigenvalue weighted by Gasteiger charge is 2.34. The van der Waals surface area contributed by atoms with Crippen LogP contribution in [0.4, 0.5) is 10.1 Å². The first-order chi connectivity index (χ1) is 19.4. The van der Waals surface area contributed by atoms with Crippen LogP contribution < -0.4 is 9.62 Å². The summed E-state index contributed by atoms with van der Waals surface area (Å²) in [7, 11) is -4.31. The van der Waals surface area contributed by atoms with E-state index in [4.69, 9.17) is 34.8 Å². The van der Waals surface area contributed by atoms with E-state index in [1.165, 1.54) is 29.2 Å². The van der Waals surface area contributed by atoms with Crippen LogP contribution in [0.25, 0.3) is 0 Å². The van der Waals surface area contributed by atoms with Crippen LogP contribution >= 0.6 is 34.8 Å². The van der Waals surface area contributed by atoms with Crippen molar-refractivity contribution in [1.82, 2.24) is 10.2 Å². The maximum absolute atomic E-state index is 14.1. The van der Waals surface area contributed by atoms with Gasteiger partial charge in [0.15, 0.2) is 0 Å². The molecular formula is C29H31Cl3FN3O4S. The summed E-state index contributed by atoms with van der Waals surface area (Å²) < 4.78 is 42.5. The minimum absolute atomic E-state index is 0.0183. The van der Waals surface area contributed by atoms with Gasteiger partial charge in [-0.15, -0.1) is 0 Å². The molecule has 7 nitrogen and oxygen atoms in total. The van der Waals surface area contributed by atoms with E-state index < -0.39 is 34.3 Å². The molecule has 0 bridgehead atoms. The number of benzene rings is 3. The lowest BCUT2D eigenvalue weighted by molar-refractivity contribution is -0.140. The number of nitrogens with one attached hydrogen (secondary N) is 1. The van der Waals surface area contributed by atoms with Crippen molar-refractivity contribution in [2.45, 2.75) is 57.1 Å². The average Bonchev–Trinajstić information content (AvgIpc) is 2.94. The Kier molecular flexibility index (Phi) is 11.4. The van der Waals surface area contributed by atoms with E-state index in [1.807, 2.05) is 13.8 Å². The summed E-state index contributed by atoms with van der Waals surface area (Å²) in [5.41, 5.74) is 0.497. The van der Waals surface area contributed by atoms with Crippen molar-refractivity contribution in [3.63, 3.8) is 0 Å². The maximum Gasteiger partial charge on any atom is 0.264 e. The SMILES string of the molecule is CC[C@@H](C)NC(=O)[C@@H](CC)N(Cc1ccc(Cl)cc1Cl)C(=O)CN(c1ccc(F)c(Cl)c1)S(=O)(=O)c1ccccc1. The lowest BCUT2D eigenvalue weighted by Crippen LogP contribution is -2.53. The number of nitrogens with zero attached hydrogens (tertiary/aromatic N) is 2.